The number of aryl methyl sites for hydroxylation is 1. The minimum Gasteiger partial charge on any atom is -0.476 e. The SMILES string of the molecule is CCc1cn(-c2cc(NC)c([N+](=O)[O-])c(NC3CCC(F)(F)CC3)n2)nc1C(=O)O. The maximum Gasteiger partial charge on any atom is 0.356 e. The van der Waals surface area contributed by atoms with Crippen molar-refractivity contribution < 1.29 is 23.6 Å². The molecule has 0 unspecified atom stereocenters. The van der Waals surface area contributed by atoms with Gasteiger partial charge in [-0.2, -0.15) is 5.10 Å². The van der Waals surface area contributed by atoms with Gasteiger partial charge in [-0.05, 0) is 19.3 Å². The van der Waals surface area contributed by atoms with Crippen LogP contribution < -0.4 is 10.6 Å². The quantitative estimate of drug-likeness (QED) is 0.454. The van der Waals surface area contributed by atoms with Crippen LogP contribution in [0.1, 0.15) is 48.7 Å². The van der Waals surface area contributed by atoms with Gasteiger partial charge in [0.05, 0.1) is 4.92 Å². The summed E-state index contributed by atoms with van der Waals surface area (Å²) in [6.45, 7) is 1.78. The van der Waals surface area contributed by atoms with Crippen molar-refractivity contribution in [2.75, 3.05) is 17.7 Å². The van der Waals surface area contributed by atoms with Crippen LogP contribution in [0.2, 0.25) is 0 Å². The van der Waals surface area contributed by atoms with E-state index in [2.05, 4.69) is 20.7 Å². The van der Waals surface area contributed by atoms with Crippen LogP contribution in [0.25, 0.3) is 5.82 Å². The van der Waals surface area contributed by atoms with Crippen LogP contribution in [0.5, 0.6) is 0 Å². The highest BCUT2D eigenvalue weighted by atomic mass is 19.3. The molecule has 1 saturated carbocycles. The number of aromatic carboxylic acids is 1. The summed E-state index contributed by atoms with van der Waals surface area (Å²) >= 11 is 0. The second-order valence-electron chi connectivity index (χ2n) is 7.11. The first kappa shape index (κ1) is 21.4. The molecule has 3 N–H and O–H groups in total. The molecule has 1 aliphatic carbocycles. The molecule has 30 heavy (non-hydrogen) atoms. The summed E-state index contributed by atoms with van der Waals surface area (Å²) in [5.74, 6) is -3.84. The van der Waals surface area contributed by atoms with Crippen molar-refractivity contribution in [2.24, 2.45) is 0 Å². The van der Waals surface area contributed by atoms with Crippen LogP contribution in [0, 0.1) is 10.1 Å². The standard InChI is InChI=1S/C18H22F2N6O4/c1-3-10-9-25(24-14(10)17(27)28)13-8-12(21-2)15(26(29)30)16(23-13)22-11-4-6-18(19,20)7-5-11/h8-9,11H,3-7H2,1-2H3,(H,27,28)(H2,21,22,23). The van der Waals surface area contributed by atoms with Gasteiger partial charge in [-0.25, -0.2) is 23.2 Å². The van der Waals surface area contributed by atoms with Gasteiger partial charge in [-0.15, -0.1) is 0 Å². The normalized spacial score (nSPS) is 16.3. The van der Waals surface area contributed by atoms with Crippen molar-refractivity contribution in [1.29, 1.82) is 0 Å². The molecule has 0 atom stereocenters. The maximum atomic E-state index is 13.4. The van der Waals surface area contributed by atoms with Gasteiger partial charge < -0.3 is 15.7 Å². The number of halogens is 2. The molecule has 2 aromatic rings. The first-order chi connectivity index (χ1) is 14.1. The first-order valence-electron chi connectivity index (χ1n) is 9.49. The van der Waals surface area contributed by atoms with Crippen LogP contribution in [-0.2, 0) is 6.42 Å². The monoisotopic (exact) mass is 424 g/mol. The molecule has 0 saturated heterocycles. The molecule has 0 spiro atoms. The number of nitrogens with zero attached hydrogens (tertiary/aromatic N) is 4. The highest BCUT2D eigenvalue weighted by molar-refractivity contribution is 5.87. The van der Waals surface area contributed by atoms with Gasteiger partial charge in [-0.1, -0.05) is 6.92 Å². The molecule has 0 aromatic carbocycles. The second-order valence-corrected chi connectivity index (χ2v) is 7.11. The third-order valence-corrected chi connectivity index (χ3v) is 5.10. The van der Waals surface area contributed by atoms with Gasteiger partial charge in [0, 0.05) is 43.8 Å². The van der Waals surface area contributed by atoms with E-state index in [1.54, 1.807) is 6.92 Å². The summed E-state index contributed by atoms with van der Waals surface area (Å²) in [5, 5.41) is 30.7. The van der Waals surface area contributed by atoms with E-state index in [1.165, 1.54) is 24.0 Å². The Bertz CT molecular complexity index is 968. The number of nitro groups is 1. The van der Waals surface area contributed by atoms with E-state index in [0.717, 1.165) is 0 Å². The fourth-order valence-corrected chi connectivity index (χ4v) is 3.46. The van der Waals surface area contributed by atoms with E-state index in [4.69, 9.17) is 0 Å². The van der Waals surface area contributed by atoms with Crippen molar-refractivity contribution in [2.45, 2.75) is 51.0 Å². The van der Waals surface area contributed by atoms with Crippen molar-refractivity contribution in [3.05, 3.63) is 33.6 Å². The number of pyridine rings is 1. The molecule has 0 amide bonds. The molecule has 12 heteroatoms. The minimum atomic E-state index is -2.73. The predicted molar refractivity (Wildman–Crippen MR) is 105 cm³/mol. The summed E-state index contributed by atoms with van der Waals surface area (Å²) in [6.07, 6.45) is 1.61. The molecule has 0 bridgehead atoms. The summed E-state index contributed by atoms with van der Waals surface area (Å²) in [5.41, 5.74) is 0.171. The molecular weight excluding hydrogens is 402 g/mol. The number of alkyl halides is 2. The number of rotatable bonds is 7. The van der Waals surface area contributed by atoms with Gasteiger partial charge in [0.2, 0.25) is 11.7 Å². The third kappa shape index (κ3) is 4.31. The van der Waals surface area contributed by atoms with Crippen molar-refractivity contribution in [1.82, 2.24) is 14.8 Å². The Labute approximate surface area is 170 Å². The lowest BCUT2D eigenvalue weighted by molar-refractivity contribution is -0.383. The van der Waals surface area contributed by atoms with Crippen molar-refractivity contribution in [3.63, 3.8) is 0 Å². The van der Waals surface area contributed by atoms with Crippen LogP contribution in [-0.4, -0.2) is 49.8 Å². The fourth-order valence-electron chi connectivity index (χ4n) is 3.46. The molecule has 0 aliphatic heterocycles. The largest absolute Gasteiger partial charge is 0.476 e. The Morgan fingerprint density at radius 2 is 2.10 bits per heavy atom. The molecule has 2 aromatic heterocycles. The average Bonchev–Trinajstić information content (AvgIpc) is 3.13. The van der Waals surface area contributed by atoms with E-state index in [-0.39, 0.29) is 54.4 Å². The molecule has 3 rings (SSSR count). The Morgan fingerprint density at radius 3 is 2.60 bits per heavy atom. The Balaban J connectivity index is 2.03. The topological polar surface area (TPSA) is 135 Å². The molecule has 0 radical (unpaired) electrons. The van der Waals surface area contributed by atoms with Gasteiger partial charge >= 0.3 is 11.7 Å². The molecular formula is C18H22F2N6O4. The van der Waals surface area contributed by atoms with Crippen LogP contribution in [0.15, 0.2) is 12.3 Å². The Kier molecular flexibility index (Phi) is 5.85. The predicted octanol–water partition coefficient (Wildman–Crippen LogP) is 3.47. The van der Waals surface area contributed by atoms with Gasteiger partial charge in [0.25, 0.3) is 0 Å². The highest BCUT2D eigenvalue weighted by Crippen LogP contribution is 2.37. The number of hydrogen-bond donors (Lipinski definition) is 3. The van der Waals surface area contributed by atoms with E-state index < -0.39 is 22.9 Å². The molecule has 2 heterocycles. The zero-order valence-corrected chi connectivity index (χ0v) is 16.5. The number of aromatic nitrogens is 3. The zero-order valence-electron chi connectivity index (χ0n) is 16.5. The zero-order chi connectivity index (χ0) is 22.1. The smallest absolute Gasteiger partial charge is 0.356 e. The highest BCUT2D eigenvalue weighted by Gasteiger charge is 2.36. The van der Waals surface area contributed by atoms with E-state index >= 15 is 0 Å². The number of carbonyl (C=O) groups is 1. The third-order valence-electron chi connectivity index (χ3n) is 5.10. The minimum absolute atomic E-state index is 0.0810. The van der Waals surface area contributed by atoms with E-state index in [1.807, 2.05) is 0 Å². The summed E-state index contributed by atoms with van der Waals surface area (Å²) in [6, 6.07) is 0.991. The fraction of sp³-hybridized carbons (Fsp3) is 0.500. The molecule has 10 nitrogen and oxygen atoms in total. The lowest BCUT2D eigenvalue weighted by Gasteiger charge is -2.29. The molecule has 162 valence electrons. The van der Waals surface area contributed by atoms with Crippen molar-refractivity contribution >= 4 is 23.2 Å². The van der Waals surface area contributed by atoms with Crippen LogP contribution in [0.3, 0.4) is 0 Å². The van der Waals surface area contributed by atoms with Gasteiger partial charge in [0.15, 0.2) is 11.5 Å². The Hall–Kier alpha value is -3.31. The molecule has 1 fully saturated rings. The van der Waals surface area contributed by atoms with E-state index in [9.17, 15) is 28.8 Å². The van der Waals surface area contributed by atoms with Crippen LogP contribution >= 0.6 is 0 Å². The van der Waals surface area contributed by atoms with E-state index in [0.29, 0.717) is 12.0 Å². The summed E-state index contributed by atoms with van der Waals surface area (Å²) in [7, 11) is 1.50. The summed E-state index contributed by atoms with van der Waals surface area (Å²) in [4.78, 5) is 26.7. The van der Waals surface area contributed by atoms with Gasteiger partial charge in [0.1, 0.15) is 5.69 Å². The molecule has 1 aliphatic rings. The lowest BCUT2D eigenvalue weighted by atomic mass is 9.92. The maximum absolute atomic E-state index is 13.4. The number of hydrogen-bond acceptors (Lipinski definition) is 7. The average molecular weight is 424 g/mol. The number of nitrogens with one attached hydrogen (secondary N) is 2. The number of carboxylic acids is 1. The number of anilines is 2. The summed E-state index contributed by atoms with van der Waals surface area (Å²) < 4.78 is 28.1. The van der Waals surface area contributed by atoms with Crippen molar-refractivity contribution in [3.8, 4) is 5.82 Å². The van der Waals surface area contributed by atoms with Crippen LogP contribution in [0.4, 0.5) is 26.0 Å². The second kappa shape index (κ2) is 8.20. The Morgan fingerprint density at radius 1 is 1.43 bits per heavy atom. The van der Waals surface area contributed by atoms with Gasteiger partial charge in [-0.3, -0.25) is 10.1 Å². The number of carboxylic acid groups (broad SMARTS) is 1. The lowest BCUT2D eigenvalue weighted by Crippen LogP contribution is -2.32. The first-order valence-corrected chi connectivity index (χ1v) is 9.49.